The van der Waals surface area contributed by atoms with E-state index in [9.17, 15) is 0 Å². The highest BCUT2D eigenvalue weighted by Crippen LogP contribution is 2.40. The first-order valence-corrected chi connectivity index (χ1v) is 23.2. The van der Waals surface area contributed by atoms with E-state index in [1.54, 1.807) is 0 Å². The lowest BCUT2D eigenvalue weighted by Gasteiger charge is -2.32. The van der Waals surface area contributed by atoms with Crippen molar-refractivity contribution in [2.75, 3.05) is 0 Å². The van der Waals surface area contributed by atoms with Gasteiger partial charge in [-0.2, -0.15) is 0 Å². The van der Waals surface area contributed by atoms with Gasteiger partial charge in [-0.25, -0.2) is 0 Å². The minimum atomic E-state index is 0.298. The Balaban J connectivity index is 2.99. The second-order valence-corrected chi connectivity index (χ2v) is 20.9. The third kappa shape index (κ3) is 21.4. The first-order valence-electron chi connectivity index (χ1n) is 23.2. The Kier molecular flexibility index (Phi) is 24.6. The number of allylic oxidation sites excluding steroid dienone is 6. The quantitative estimate of drug-likeness (QED) is 0.0660. The van der Waals surface area contributed by atoms with Crippen molar-refractivity contribution in [1.29, 1.82) is 0 Å². The fourth-order valence-corrected chi connectivity index (χ4v) is 9.49. The maximum absolute atomic E-state index is 4.87. The molecule has 0 fully saturated rings. The van der Waals surface area contributed by atoms with Gasteiger partial charge in [0.25, 0.3) is 0 Å². The first-order chi connectivity index (χ1) is 26.2. The molecule has 0 heteroatoms. The minimum absolute atomic E-state index is 0.298. The van der Waals surface area contributed by atoms with E-state index in [4.69, 9.17) is 26.3 Å². The molecular weight excluding hydrogens is 673 g/mol. The Hall–Kier alpha value is -2.34. The summed E-state index contributed by atoms with van der Waals surface area (Å²) in [4.78, 5) is 0. The van der Waals surface area contributed by atoms with Crippen molar-refractivity contribution >= 4 is 0 Å². The average molecular weight is 767 g/mol. The number of rotatable bonds is 31. The van der Waals surface area contributed by atoms with Crippen molar-refractivity contribution in [2.45, 2.75) is 186 Å². The van der Waals surface area contributed by atoms with Crippen LogP contribution in [-0.4, -0.2) is 0 Å². The molecule has 0 saturated heterocycles. The Morgan fingerprint density at radius 1 is 0.589 bits per heavy atom. The second-order valence-electron chi connectivity index (χ2n) is 20.9. The van der Waals surface area contributed by atoms with Crippen LogP contribution in [0.2, 0.25) is 0 Å². The monoisotopic (exact) mass is 767 g/mol. The van der Waals surface area contributed by atoms with E-state index in [1.807, 2.05) is 0 Å². The van der Waals surface area contributed by atoms with Crippen LogP contribution in [-0.2, 0) is 6.42 Å². The van der Waals surface area contributed by atoms with Crippen LogP contribution < -0.4 is 0 Å². The van der Waals surface area contributed by atoms with Crippen molar-refractivity contribution in [3.05, 3.63) is 109 Å². The lowest BCUT2D eigenvalue weighted by atomic mass is 9.73. The topological polar surface area (TPSA) is 0 Å². The molecular formula is C56H94. The van der Waals surface area contributed by atoms with Gasteiger partial charge in [0.2, 0.25) is 0 Å². The van der Waals surface area contributed by atoms with Gasteiger partial charge in [0.1, 0.15) is 0 Å². The largest absolute Gasteiger partial charge is 0.0998 e. The van der Waals surface area contributed by atoms with Crippen molar-refractivity contribution in [2.24, 2.45) is 58.7 Å². The first kappa shape index (κ1) is 51.7. The number of hydrogen-bond donors (Lipinski definition) is 0. The molecule has 0 N–H and O–H groups in total. The zero-order valence-corrected chi connectivity index (χ0v) is 39.6. The van der Waals surface area contributed by atoms with Crippen LogP contribution >= 0.6 is 0 Å². The van der Waals surface area contributed by atoms with E-state index in [2.05, 4.69) is 127 Å². The van der Waals surface area contributed by atoms with Gasteiger partial charge < -0.3 is 0 Å². The highest BCUT2D eigenvalue weighted by molar-refractivity contribution is 5.17. The van der Waals surface area contributed by atoms with E-state index in [1.165, 1.54) is 77.5 Å². The van der Waals surface area contributed by atoms with E-state index >= 15 is 0 Å². The molecule has 0 bridgehead atoms. The summed E-state index contributed by atoms with van der Waals surface area (Å²) in [7, 11) is 0. The van der Waals surface area contributed by atoms with Gasteiger partial charge in [-0.05, 0) is 161 Å². The number of aryl methyl sites for hydroxylation is 1. The Bertz CT molecular complexity index is 1320. The smallest absolute Gasteiger partial charge is 0.0146 e. The molecule has 318 valence electrons. The van der Waals surface area contributed by atoms with Crippen LogP contribution in [0.1, 0.15) is 185 Å². The lowest BCUT2D eigenvalue weighted by molar-refractivity contribution is 0.280. The van der Waals surface area contributed by atoms with Crippen LogP contribution in [0, 0.1) is 58.7 Å². The molecule has 0 saturated carbocycles. The maximum atomic E-state index is 4.87. The second kappa shape index (κ2) is 26.6. The Labute approximate surface area is 352 Å². The highest BCUT2D eigenvalue weighted by Gasteiger charge is 2.27. The molecule has 56 heavy (non-hydrogen) atoms. The maximum Gasteiger partial charge on any atom is -0.0146 e. The fraction of sp³-hybridized carbons (Fsp3) is 0.679. The SMILES string of the molecule is C=C(C[C@H](C(=C)CCCc1ccccc1)C(C)C)C[C@H](C)[C@@H](CC(=C)[C@H](CCC)CC(=C)[C@@H](CC(=C)[C@@H](CC)CCC(=C)CC(C)(C)C)CC(C)C)CC(C)C. The molecule has 0 unspecified atom stereocenters. The van der Waals surface area contributed by atoms with Crippen molar-refractivity contribution in [3.8, 4) is 0 Å². The van der Waals surface area contributed by atoms with Gasteiger partial charge in [-0.1, -0.05) is 193 Å². The number of hydrogen-bond acceptors (Lipinski definition) is 0. The summed E-state index contributed by atoms with van der Waals surface area (Å²) in [6.07, 6.45) is 18.1. The Morgan fingerprint density at radius 2 is 1.16 bits per heavy atom. The summed E-state index contributed by atoms with van der Waals surface area (Å²) in [6, 6.07) is 10.9. The normalized spacial score (nSPS) is 15.3. The predicted octanol–water partition coefficient (Wildman–Crippen LogP) is 18.2. The van der Waals surface area contributed by atoms with Gasteiger partial charge in [0.05, 0.1) is 0 Å². The van der Waals surface area contributed by atoms with Gasteiger partial charge in [0, 0.05) is 0 Å². The zero-order valence-electron chi connectivity index (χ0n) is 39.6. The van der Waals surface area contributed by atoms with Crippen LogP contribution in [0.15, 0.2) is 103 Å². The molecule has 0 aliphatic heterocycles. The van der Waals surface area contributed by atoms with E-state index < -0.39 is 0 Å². The average Bonchev–Trinajstić information content (AvgIpc) is 3.09. The summed E-state index contributed by atoms with van der Waals surface area (Å²) < 4.78 is 0. The molecule has 0 aromatic heterocycles. The third-order valence-electron chi connectivity index (χ3n) is 12.6. The zero-order chi connectivity index (χ0) is 42.6. The minimum Gasteiger partial charge on any atom is -0.0998 e. The highest BCUT2D eigenvalue weighted by atomic mass is 14.3. The molecule has 1 rings (SSSR count). The van der Waals surface area contributed by atoms with Gasteiger partial charge in [-0.15, -0.1) is 0 Å². The van der Waals surface area contributed by atoms with Gasteiger partial charge >= 0.3 is 0 Å². The summed E-state index contributed by atoms with van der Waals surface area (Å²) in [6.45, 7) is 56.6. The van der Waals surface area contributed by atoms with E-state index in [0.717, 1.165) is 64.2 Å². The molecule has 0 amide bonds. The van der Waals surface area contributed by atoms with Crippen molar-refractivity contribution in [1.82, 2.24) is 0 Å². The summed E-state index contributed by atoms with van der Waals surface area (Å²) in [5, 5.41) is 0. The van der Waals surface area contributed by atoms with E-state index in [0.29, 0.717) is 58.7 Å². The third-order valence-corrected chi connectivity index (χ3v) is 12.6. The van der Waals surface area contributed by atoms with Crippen molar-refractivity contribution in [3.63, 3.8) is 0 Å². The number of benzene rings is 1. The van der Waals surface area contributed by atoms with Crippen LogP contribution in [0.3, 0.4) is 0 Å². The molecule has 0 aliphatic carbocycles. The van der Waals surface area contributed by atoms with Crippen LogP contribution in [0.4, 0.5) is 0 Å². The standard InChI is InChI=1S/C56H94/c1-19-25-52(36-49(15)54(33-41(5)6)37-47(13)51(20-2)31-30-43(9)39-56(16,17)18)48(14)38-53(32-40(3)4)46(12)34-44(10)35-55(42(7)8)45(11)26-24-29-50-27-22-21-23-28-50/h21-23,27-28,40-42,46,51-55H,9-11,13-15,19-20,24-26,29-39H2,1-8,12,16-18H3/t46-,51-,52+,53+,54+,55-/m0/s1. The molecule has 6 atom stereocenters. The van der Waals surface area contributed by atoms with Crippen molar-refractivity contribution < 1.29 is 0 Å². The Morgan fingerprint density at radius 3 is 1.70 bits per heavy atom. The molecule has 0 spiro atoms. The lowest BCUT2D eigenvalue weighted by Crippen LogP contribution is -2.20. The molecule has 1 aromatic carbocycles. The molecule has 0 aliphatic rings. The summed E-state index contributed by atoms with van der Waals surface area (Å²) >= 11 is 0. The van der Waals surface area contributed by atoms with E-state index in [-0.39, 0.29) is 0 Å². The van der Waals surface area contributed by atoms with Gasteiger partial charge in [0.15, 0.2) is 0 Å². The summed E-state index contributed by atoms with van der Waals surface area (Å²) in [5.41, 5.74) is 10.2. The van der Waals surface area contributed by atoms with Crippen LogP contribution in [0.25, 0.3) is 0 Å². The molecule has 1 aromatic rings. The fourth-order valence-electron chi connectivity index (χ4n) is 9.49. The molecule has 0 heterocycles. The molecule has 0 nitrogen and oxygen atoms in total. The molecule has 0 radical (unpaired) electrons. The van der Waals surface area contributed by atoms with Gasteiger partial charge in [-0.3, -0.25) is 0 Å². The summed E-state index contributed by atoms with van der Waals surface area (Å²) in [5.74, 6) is 5.09. The van der Waals surface area contributed by atoms with Crippen LogP contribution in [0.5, 0.6) is 0 Å². The predicted molar refractivity (Wildman–Crippen MR) is 256 cm³/mol.